The van der Waals surface area contributed by atoms with Crippen molar-refractivity contribution in [3.05, 3.63) is 68.9 Å². The number of hydrogen-bond acceptors (Lipinski definition) is 5. The van der Waals surface area contributed by atoms with Gasteiger partial charge < -0.3 is 10.3 Å². The van der Waals surface area contributed by atoms with Crippen LogP contribution in [0.15, 0.2) is 47.7 Å². The van der Waals surface area contributed by atoms with Gasteiger partial charge in [0.1, 0.15) is 11.2 Å². The molecule has 0 unspecified atom stereocenters. The summed E-state index contributed by atoms with van der Waals surface area (Å²) in [6.07, 6.45) is 4.78. The van der Waals surface area contributed by atoms with Crippen molar-refractivity contribution in [2.45, 2.75) is 6.54 Å². The summed E-state index contributed by atoms with van der Waals surface area (Å²) in [6.45, 7) is 0.224. The molecule has 3 rings (SSSR count). The molecule has 3 aromatic rings. The molecule has 0 aliphatic rings. The Morgan fingerprint density at radius 1 is 1.29 bits per heavy atom. The van der Waals surface area contributed by atoms with E-state index in [4.69, 9.17) is 5.73 Å². The van der Waals surface area contributed by atoms with E-state index in [2.05, 4.69) is 5.10 Å². The first kappa shape index (κ1) is 12.9. The van der Waals surface area contributed by atoms with Crippen LogP contribution in [-0.2, 0) is 6.54 Å². The van der Waals surface area contributed by atoms with E-state index >= 15 is 0 Å². The summed E-state index contributed by atoms with van der Waals surface area (Å²) >= 11 is 0. The fraction of sp³-hybridized carbons (Fsp3) is 0.0769. The van der Waals surface area contributed by atoms with E-state index in [1.165, 1.54) is 27.4 Å². The first-order chi connectivity index (χ1) is 10.1. The number of nitrogen functional groups attached to an aromatic ring is 1. The topological polar surface area (TPSA) is 108 Å². The van der Waals surface area contributed by atoms with Crippen LogP contribution in [0, 0.1) is 10.1 Å². The van der Waals surface area contributed by atoms with Gasteiger partial charge in [0.25, 0.3) is 11.2 Å². The lowest BCUT2D eigenvalue weighted by Crippen LogP contribution is -2.21. The van der Waals surface area contributed by atoms with Crippen LogP contribution in [0.25, 0.3) is 5.52 Å². The molecule has 0 saturated heterocycles. The second kappa shape index (κ2) is 4.75. The van der Waals surface area contributed by atoms with Gasteiger partial charge in [0.05, 0.1) is 17.7 Å². The predicted molar refractivity (Wildman–Crippen MR) is 76.1 cm³/mol. The summed E-state index contributed by atoms with van der Waals surface area (Å²) in [6, 6.07) is 6.12. The standard InChI is InChI=1S/C13H11N5O3/c14-10-2-1-9(7-12(10)18(20)21)8-16-5-6-17-11(13(16)19)3-4-15-17/h1-7H,8,14H2. The Hall–Kier alpha value is -3.16. The quantitative estimate of drug-likeness (QED) is 0.439. The number of nitrogens with zero attached hydrogens (tertiary/aromatic N) is 4. The molecule has 1 aromatic carbocycles. The highest BCUT2D eigenvalue weighted by Gasteiger charge is 2.12. The SMILES string of the molecule is Nc1ccc(Cn2ccn3nccc3c2=O)cc1[N+](=O)[O-]. The van der Waals surface area contributed by atoms with Crippen LogP contribution >= 0.6 is 0 Å². The number of nitro groups is 1. The highest BCUT2D eigenvalue weighted by molar-refractivity contribution is 5.59. The Labute approximate surface area is 118 Å². The molecule has 0 fully saturated rings. The summed E-state index contributed by atoms with van der Waals surface area (Å²) in [7, 11) is 0. The minimum atomic E-state index is -0.540. The molecule has 2 N–H and O–H groups in total. The number of anilines is 1. The van der Waals surface area contributed by atoms with Gasteiger partial charge in [0.15, 0.2) is 0 Å². The van der Waals surface area contributed by atoms with Gasteiger partial charge in [-0.15, -0.1) is 0 Å². The minimum absolute atomic E-state index is 0.0994. The third-order valence-corrected chi connectivity index (χ3v) is 3.18. The van der Waals surface area contributed by atoms with Gasteiger partial charge in [-0.1, -0.05) is 6.07 Å². The fourth-order valence-corrected chi connectivity index (χ4v) is 2.13. The maximum atomic E-state index is 12.2. The third-order valence-electron chi connectivity index (χ3n) is 3.18. The van der Waals surface area contributed by atoms with Crippen molar-refractivity contribution in [3.63, 3.8) is 0 Å². The highest BCUT2D eigenvalue weighted by Crippen LogP contribution is 2.22. The summed E-state index contributed by atoms with van der Waals surface area (Å²) in [5.41, 5.74) is 6.35. The van der Waals surface area contributed by atoms with E-state index in [9.17, 15) is 14.9 Å². The van der Waals surface area contributed by atoms with E-state index in [0.29, 0.717) is 11.1 Å². The average molecular weight is 285 g/mol. The molecular formula is C13H11N5O3. The molecule has 8 heteroatoms. The Bertz CT molecular complexity index is 896. The summed E-state index contributed by atoms with van der Waals surface area (Å²) in [5, 5.41) is 14.9. The average Bonchev–Trinajstić information content (AvgIpc) is 2.93. The summed E-state index contributed by atoms with van der Waals surface area (Å²) < 4.78 is 2.94. The smallest absolute Gasteiger partial charge is 0.292 e. The van der Waals surface area contributed by atoms with E-state index in [1.807, 2.05) is 0 Å². The molecule has 21 heavy (non-hydrogen) atoms. The monoisotopic (exact) mass is 285 g/mol. The number of aromatic nitrogens is 3. The number of benzene rings is 1. The number of nitro benzene ring substituents is 1. The molecule has 0 atom stereocenters. The van der Waals surface area contributed by atoms with Gasteiger partial charge >= 0.3 is 0 Å². The van der Waals surface area contributed by atoms with Crippen LogP contribution in [0.1, 0.15) is 5.56 Å². The number of fused-ring (bicyclic) bond motifs is 1. The Morgan fingerprint density at radius 2 is 2.10 bits per heavy atom. The lowest BCUT2D eigenvalue weighted by atomic mass is 10.1. The van der Waals surface area contributed by atoms with Gasteiger partial charge in [-0.2, -0.15) is 5.10 Å². The van der Waals surface area contributed by atoms with Crippen molar-refractivity contribution < 1.29 is 4.92 Å². The molecule has 0 aliphatic carbocycles. The first-order valence-electron chi connectivity index (χ1n) is 6.12. The maximum Gasteiger partial charge on any atom is 0.292 e. The van der Waals surface area contributed by atoms with Crippen LogP contribution in [0.3, 0.4) is 0 Å². The molecule has 106 valence electrons. The van der Waals surface area contributed by atoms with Crippen LogP contribution in [0.2, 0.25) is 0 Å². The Morgan fingerprint density at radius 3 is 2.86 bits per heavy atom. The van der Waals surface area contributed by atoms with Crippen LogP contribution in [0.4, 0.5) is 11.4 Å². The van der Waals surface area contributed by atoms with E-state index in [0.717, 1.165) is 0 Å². The fourth-order valence-electron chi connectivity index (χ4n) is 2.13. The first-order valence-corrected chi connectivity index (χ1v) is 6.12. The molecule has 0 aliphatic heterocycles. The lowest BCUT2D eigenvalue weighted by Gasteiger charge is -2.07. The van der Waals surface area contributed by atoms with Crippen molar-refractivity contribution in [1.29, 1.82) is 0 Å². The van der Waals surface area contributed by atoms with Gasteiger partial charge in [-0.05, 0) is 17.7 Å². The molecule has 0 bridgehead atoms. The Kier molecular flexibility index (Phi) is 2.90. The minimum Gasteiger partial charge on any atom is -0.393 e. The molecule has 0 saturated carbocycles. The molecule has 0 radical (unpaired) electrons. The molecule has 2 aromatic heterocycles. The summed E-state index contributed by atoms with van der Waals surface area (Å²) in [5.74, 6) is 0. The van der Waals surface area contributed by atoms with Crippen molar-refractivity contribution >= 4 is 16.9 Å². The molecule has 0 amide bonds. The zero-order chi connectivity index (χ0) is 15.0. The van der Waals surface area contributed by atoms with Crippen molar-refractivity contribution in [2.24, 2.45) is 0 Å². The van der Waals surface area contributed by atoms with Crippen molar-refractivity contribution in [3.8, 4) is 0 Å². The van der Waals surface area contributed by atoms with Gasteiger partial charge in [0.2, 0.25) is 0 Å². The molecule has 2 heterocycles. The Balaban J connectivity index is 2.02. The van der Waals surface area contributed by atoms with Crippen LogP contribution in [-0.4, -0.2) is 19.1 Å². The summed E-state index contributed by atoms with van der Waals surface area (Å²) in [4.78, 5) is 22.6. The van der Waals surface area contributed by atoms with Gasteiger partial charge in [-0.25, -0.2) is 4.52 Å². The second-order valence-corrected chi connectivity index (χ2v) is 4.54. The van der Waals surface area contributed by atoms with Gasteiger partial charge in [0, 0.05) is 18.5 Å². The zero-order valence-electron chi connectivity index (χ0n) is 10.8. The van der Waals surface area contributed by atoms with Gasteiger partial charge in [-0.3, -0.25) is 14.9 Å². The van der Waals surface area contributed by atoms with E-state index < -0.39 is 4.92 Å². The largest absolute Gasteiger partial charge is 0.393 e. The number of rotatable bonds is 3. The maximum absolute atomic E-state index is 12.2. The third kappa shape index (κ3) is 2.22. The molecule has 0 spiro atoms. The lowest BCUT2D eigenvalue weighted by molar-refractivity contribution is -0.384. The van der Waals surface area contributed by atoms with Crippen LogP contribution in [0.5, 0.6) is 0 Å². The zero-order valence-corrected chi connectivity index (χ0v) is 10.8. The van der Waals surface area contributed by atoms with E-state index in [-0.39, 0.29) is 23.5 Å². The molecular weight excluding hydrogens is 274 g/mol. The van der Waals surface area contributed by atoms with Crippen molar-refractivity contribution in [1.82, 2.24) is 14.2 Å². The number of nitrogens with two attached hydrogens (primary N) is 1. The van der Waals surface area contributed by atoms with E-state index in [1.54, 1.807) is 24.5 Å². The predicted octanol–water partition coefficient (Wildman–Crippen LogP) is 1.03. The van der Waals surface area contributed by atoms with Crippen molar-refractivity contribution in [2.75, 3.05) is 5.73 Å². The second-order valence-electron chi connectivity index (χ2n) is 4.54. The normalized spacial score (nSPS) is 10.9. The molecule has 8 nitrogen and oxygen atoms in total. The van der Waals surface area contributed by atoms with Crippen LogP contribution < -0.4 is 11.3 Å². The number of hydrogen-bond donors (Lipinski definition) is 1. The highest BCUT2D eigenvalue weighted by atomic mass is 16.6.